The van der Waals surface area contributed by atoms with Gasteiger partial charge in [0.2, 0.25) is 0 Å². The van der Waals surface area contributed by atoms with Crippen molar-refractivity contribution in [2.45, 2.75) is 5.25 Å². The maximum atomic E-state index is 14.5. The monoisotopic (exact) mass is 514 g/mol. The number of hydrogen-bond acceptors (Lipinski definition) is 8. The van der Waals surface area contributed by atoms with Crippen LogP contribution in [0.5, 0.6) is 5.75 Å². The van der Waals surface area contributed by atoms with Gasteiger partial charge in [0.15, 0.2) is 27.2 Å². The van der Waals surface area contributed by atoms with E-state index in [9.17, 15) is 17.6 Å². The third-order valence-electron chi connectivity index (χ3n) is 6.07. The number of carbonyl (C=O) groups is 1. The molecular weight excluding hydrogens is 491 g/mol. The number of likely N-dealkylation sites (tertiary alicyclic amines) is 1. The van der Waals surface area contributed by atoms with Gasteiger partial charge in [-0.3, -0.25) is 9.89 Å². The Kier molecular flexibility index (Phi) is 6.22. The summed E-state index contributed by atoms with van der Waals surface area (Å²) in [5.41, 5.74) is 2.65. The van der Waals surface area contributed by atoms with E-state index in [1.165, 1.54) is 30.4 Å². The highest BCUT2D eigenvalue weighted by molar-refractivity contribution is 7.91. The zero-order chi connectivity index (χ0) is 25.4. The van der Waals surface area contributed by atoms with Crippen LogP contribution in [0.15, 0.2) is 47.0 Å². The SMILES string of the molecule is COCCOc1cc2[nH]nc(-c3cc(-c4ccc(C(=O)N5CC(S(C)(=O)=O)C5)cc4)no3)c2cc1F. The number of rotatable bonds is 8. The summed E-state index contributed by atoms with van der Waals surface area (Å²) in [6.45, 7) is 0.953. The summed E-state index contributed by atoms with van der Waals surface area (Å²) in [4.78, 5) is 14.1. The Labute approximate surface area is 205 Å². The Morgan fingerprint density at radius 1 is 1.19 bits per heavy atom. The van der Waals surface area contributed by atoms with Crippen LogP contribution in [0.1, 0.15) is 10.4 Å². The molecule has 12 heteroatoms. The molecule has 188 valence electrons. The van der Waals surface area contributed by atoms with Gasteiger partial charge in [0.05, 0.1) is 17.4 Å². The molecule has 2 aromatic heterocycles. The largest absolute Gasteiger partial charge is 0.488 e. The number of sulfone groups is 1. The topological polar surface area (TPSA) is 128 Å². The van der Waals surface area contributed by atoms with Crippen LogP contribution in [0, 0.1) is 5.82 Å². The predicted molar refractivity (Wildman–Crippen MR) is 129 cm³/mol. The summed E-state index contributed by atoms with van der Waals surface area (Å²) in [5.74, 6) is -0.326. The lowest BCUT2D eigenvalue weighted by atomic mass is 10.1. The first-order valence-corrected chi connectivity index (χ1v) is 13.0. The number of hydrogen-bond donors (Lipinski definition) is 1. The van der Waals surface area contributed by atoms with Gasteiger partial charge in [0, 0.05) is 55.1 Å². The van der Waals surface area contributed by atoms with Gasteiger partial charge in [-0.15, -0.1) is 0 Å². The summed E-state index contributed by atoms with van der Waals surface area (Å²) < 4.78 is 53.5. The maximum Gasteiger partial charge on any atom is 0.253 e. The Morgan fingerprint density at radius 2 is 1.94 bits per heavy atom. The normalized spacial score (nSPS) is 14.2. The summed E-state index contributed by atoms with van der Waals surface area (Å²) >= 11 is 0. The molecule has 1 N–H and O–H groups in total. The summed E-state index contributed by atoms with van der Waals surface area (Å²) in [6, 6.07) is 11.3. The summed E-state index contributed by atoms with van der Waals surface area (Å²) in [7, 11) is -1.61. The first-order valence-electron chi connectivity index (χ1n) is 11.1. The van der Waals surface area contributed by atoms with E-state index < -0.39 is 20.9 Å². The average Bonchev–Trinajstić information content (AvgIpc) is 3.44. The number of aromatic amines is 1. The van der Waals surface area contributed by atoms with Gasteiger partial charge in [-0.25, -0.2) is 12.8 Å². The second-order valence-electron chi connectivity index (χ2n) is 8.56. The van der Waals surface area contributed by atoms with Gasteiger partial charge >= 0.3 is 0 Å². The van der Waals surface area contributed by atoms with Crippen LogP contribution in [0.2, 0.25) is 0 Å². The Hall–Kier alpha value is -3.77. The van der Waals surface area contributed by atoms with Crippen molar-refractivity contribution < 1.29 is 31.6 Å². The van der Waals surface area contributed by atoms with Crippen molar-refractivity contribution in [3.05, 3.63) is 53.8 Å². The number of aromatic nitrogens is 3. The van der Waals surface area contributed by atoms with Gasteiger partial charge in [0.25, 0.3) is 5.91 Å². The fourth-order valence-electron chi connectivity index (χ4n) is 3.92. The molecule has 5 rings (SSSR count). The molecule has 0 bridgehead atoms. The lowest BCUT2D eigenvalue weighted by molar-refractivity contribution is 0.0659. The fourth-order valence-corrected chi connectivity index (χ4v) is 4.82. The van der Waals surface area contributed by atoms with E-state index in [0.29, 0.717) is 45.8 Å². The number of ether oxygens (including phenoxy) is 2. The van der Waals surface area contributed by atoms with E-state index >= 15 is 0 Å². The number of halogens is 1. The lowest BCUT2D eigenvalue weighted by Crippen LogP contribution is -2.56. The number of amides is 1. The molecule has 0 saturated carbocycles. The van der Waals surface area contributed by atoms with Gasteiger partial charge < -0.3 is 18.9 Å². The number of fused-ring (bicyclic) bond motifs is 1. The molecule has 1 saturated heterocycles. The molecule has 0 unspecified atom stereocenters. The zero-order valence-corrected chi connectivity index (χ0v) is 20.3. The van der Waals surface area contributed by atoms with Crippen LogP contribution in [0.25, 0.3) is 33.6 Å². The number of carbonyl (C=O) groups excluding carboxylic acids is 1. The van der Waals surface area contributed by atoms with E-state index in [1.807, 2.05) is 0 Å². The van der Waals surface area contributed by atoms with Gasteiger partial charge in [-0.1, -0.05) is 17.3 Å². The molecule has 36 heavy (non-hydrogen) atoms. The molecule has 0 spiro atoms. The molecule has 10 nitrogen and oxygen atoms in total. The molecule has 1 amide bonds. The summed E-state index contributed by atoms with van der Waals surface area (Å²) in [5, 5.41) is 11.2. The molecule has 0 radical (unpaired) electrons. The summed E-state index contributed by atoms with van der Waals surface area (Å²) in [6.07, 6.45) is 1.18. The van der Waals surface area contributed by atoms with Crippen LogP contribution in [0.3, 0.4) is 0 Å². The standard InChI is InChI=1S/C24H23FN4O6S/c1-33-7-8-34-21-11-20-17(9-18(21)25)23(27-26-20)22-10-19(28-35-22)14-3-5-15(6-4-14)24(30)29-12-16(13-29)36(2,31)32/h3-6,9-11,16H,7-8,12-13H2,1-2H3,(H,26,27). The van der Waals surface area contributed by atoms with E-state index in [1.54, 1.807) is 30.3 Å². The molecule has 4 aromatic rings. The molecule has 1 fully saturated rings. The number of methoxy groups -OCH3 is 1. The average molecular weight is 515 g/mol. The molecule has 0 aliphatic carbocycles. The molecule has 0 atom stereocenters. The highest BCUT2D eigenvalue weighted by atomic mass is 32.2. The van der Waals surface area contributed by atoms with Crippen molar-refractivity contribution >= 4 is 26.6 Å². The third-order valence-corrected chi connectivity index (χ3v) is 7.58. The van der Waals surface area contributed by atoms with Crippen molar-refractivity contribution in [3.63, 3.8) is 0 Å². The van der Waals surface area contributed by atoms with Crippen LogP contribution >= 0.6 is 0 Å². The Bertz CT molecular complexity index is 1520. The quantitative estimate of drug-likeness (QED) is 0.356. The van der Waals surface area contributed by atoms with Crippen molar-refractivity contribution in [1.82, 2.24) is 20.3 Å². The fraction of sp³-hybridized carbons (Fsp3) is 0.292. The van der Waals surface area contributed by atoms with E-state index in [0.717, 1.165) is 0 Å². The lowest BCUT2D eigenvalue weighted by Gasteiger charge is -2.37. The maximum absolute atomic E-state index is 14.5. The van der Waals surface area contributed by atoms with E-state index in [2.05, 4.69) is 15.4 Å². The second-order valence-corrected chi connectivity index (χ2v) is 10.9. The van der Waals surface area contributed by atoms with E-state index in [4.69, 9.17) is 14.0 Å². The minimum atomic E-state index is -3.15. The number of benzene rings is 2. The number of H-pyrrole nitrogens is 1. The van der Waals surface area contributed by atoms with E-state index in [-0.39, 0.29) is 31.4 Å². The minimum absolute atomic E-state index is 0.0905. The smallest absolute Gasteiger partial charge is 0.253 e. The van der Waals surface area contributed by atoms with Gasteiger partial charge in [-0.05, 0) is 18.2 Å². The molecule has 3 heterocycles. The van der Waals surface area contributed by atoms with Gasteiger partial charge in [0.1, 0.15) is 18.0 Å². The van der Waals surface area contributed by atoms with Crippen LogP contribution < -0.4 is 4.74 Å². The molecular formula is C24H23FN4O6S. The molecule has 1 aliphatic rings. The second kappa shape index (κ2) is 9.36. The van der Waals surface area contributed by atoms with Crippen molar-refractivity contribution in [2.24, 2.45) is 0 Å². The van der Waals surface area contributed by atoms with Gasteiger partial charge in [-0.2, -0.15) is 5.10 Å². The Balaban J connectivity index is 1.31. The van der Waals surface area contributed by atoms with Crippen molar-refractivity contribution in [1.29, 1.82) is 0 Å². The van der Waals surface area contributed by atoms with Crippen LogP contribution in [-0.2, 0) is 14.6 Å². The first-order chi connectivity index (χ1) is 17.2. The third kappa shape index (κ3) is 4.56. The molecule has 1 aliphatic heterocycles. The highest BCUT2D eigenvalue weighted by Crippen LogP contribution is 2.33. The minimum Gasteiger partial charge on any atom is -0.488 e. The Morgan fingerprint density at radius 3 is 2.64 bits per heavy atom. The number of nitrogens with zero attached hydrogens (tertiary/aromatic N) is 3. The van der Waals surface area contributed by atoms with Crippen molar-refractivity contribution in [2.75, 3.05) is 39.7 Å². The van der Waals surface area contributed by atoms with Crippen LogP contribution in [0.4, 0.5) is 4.39 Å². The molecule has 2 aromatic carbocycles. The first kappa shape index (κ1) is 23.9. The van der Waals surface area contributed by atoms with Crippen molar-refractivity contribution in [3.8, 4) is 28.5 Å². The van der Waals surface area contributed by atoms with Crippen LogP contribution in [-0.4, -0.2) is 79.5 Å². The predicted octanol–water partition coefficient (Wildman–Crippen LogP) is 2.92. The zero-order valence-electron chi connectivity index (χ0n) is 19.5. The highest BCUT2D eigenvalue weighted by Gasteiger charge is 2.37. The number of nitrogens with one attached hydrogen (secondary N) is 1.